The number of carbonyl (C=O) groups is 2. The van der Waals surface area contributed by atoms with Gasteiger partial charge in [0.15, 0.2) is 0 Å². The third kappa shape index (κ3) is 3.95. The Balaban J connectivity index is 2.07. The molecule has 0 bridgehead atoms. The molecule has 1 aromatic rings. The van der Waals surface area contributed by atoms with Gasteiger partial charge in [-0.15, -0.1) is 0 Å². The van der Waals surface area contributed by atoms with Crippen LogP contribution >= 0.6 is 11.6 Å². The molecule has 114 valence electrons. The minimum absolute atomic E-state index is 0.0643. The summed E-state index contributed by atoms with van der Waals surface area (Å²) in [6.07, 6.45) is 2.95. The molecular weight excluding hydrogens is 290 g/mol. The van der Waals surface area contributed by atoms with Gasteiger partial charge in [-0.2, -0.15) is 0 Å². The molecule has 0 saturated carbocycles. The molecule has 1 aliphatic rings. The number of halogens is 1. The predicted molar refractivity (Wildman–Crippen MR) is 84.6 cm³/mol. The summed E-state index contributed by atoms with van der Waals surface area (Å²) in [6.45, 7) is 4.18. The van der Waals surface area contributed by atoms with Gasteiger partial charge >= 0.3 is 0 Å². The first-order chi connectivity index (χ1) is 9.90. The summed E-state index contributed by atoms with van der Waals surface area (Å²) in [4.78, 5) is 23.4. The Morgan fingerprint density at radius 3 is 2.62 bits per heavy atom. The normalized spacial score (nSPS) is 21.7. The van der Waals surface area contributed by atoms with Gasteiger partial charge in [-0.05, 0) is 50.9 Å². The summed E-state index contributed by atoms with van der Waals surface area (Å²) in [6, 6.07) is 5.04. The van der Waals surface area contributed by atoms with Crippen molar-refractivity contribution in [3.05, 3.63) is 23.2 Å². The Morgan fingerprint density at radius 2 is 2.05 bits per heavy atom. The molecule has 0 aromatic heterocycles. The van der Waals surface area contributed by atoms with E-state index in [1.807, 2.05) is 6.92 Å². The molecule has 6 heteroatoms. The molecule has 0 radical (unpaired) electrons. The second-order valence-electron chi connectivity index (χ2n) is 5.55. The van der Waals surface area contributed by atoms with Crippen LogP contribution in [0.2, 0.25) is 5.02 Å². The van der Waals surface area contributed by atoms with Crippen molar-refractivity contribution in [2.45, 2.75) is 38.6 Å². The van der Waals surface area contributed by atoms with Crippen LogP contribution in [0.3, 0.4) is 0 Å². The number of nitrogens with one attached hydrogen (secondary N) is 3. The first-order valence-corrected chi connectivity index (χ1v) is 7.42. The maximum atomic E-state index is 12.4. The summed E-state index contributed by atoms with van der Waals surface area (Å²) in [5.74, 6) is -0.252. The van der Waals surface area contributed by atoms with Crippen molar-refractivity contribution >= 4 is 34.8 Å². The largest absolute Gasteiger partial charge is 0.325 e. The number of hydrogen-bond donors (Lipinski definition) is 3. The third-order valence-electron chi connectivity index (χ3n) is 3.66. The Hall–Kier alpha value is -1.59. The van der Waals surface area contributed by atoms with Crippen molar-refractivity contribution in [3.8, 4) is 0 Å². The van der Waals surface area contributed by atoms with E-state index < -0.39 is 5.54 Å². The monoisotopic (exact) mass is 309 g/mol. The molecule has 3 N–H and O–H groups in total. The number of hydrogen-bond acceptors (Lipinski definition) is 3. The van der Waals surface area contributed by atoms with Crippen LogP contribution in [0.15, 0.2) is 18.2 Å². The predicted octanol–water partition coefficient (Wildman–Crippen LogP) is 2.77. The van der Waals surface area contributed by atoms with Crippen LogP contribution in [0, 0.1) is 0 Å². The standard InChI is InChI=1S/C15H20ClN3O2/c1-10(20)18-13-6-5-11(9-12(13)16)19-14(21)15(2)7-3-4-8-17-15/h5-6,9,17H,3-4,7-8H2,1-2H3,(H,18,20)(H,19,21). The highest BCUT2D eigenvalue weighted by molar-refractivity contribution is 6.34. The van der Waals surface area contributed by atoms with E-state index in [0.717, 1.165) is 25.8 Å². The summed E-state index contributed by atoms with van der Waals surface area (Å²) in [5, 5.41) is 9.16. The lowest BCUT2D eigenvalue weighted by Gasteiger charge is -2.33. The highest BCUT2D eigenvalue weighted by Crippen LogP contribution is 2.27. The average Bonchev–Trinajstić information content (AvgIpc) is 2.42. The second kappa shape index (κ2) is 6.45. The van der Waals surface area contributed by atoms with Gasteiger partial charge in [-0.25, -0.2) is 0 Å². The van der Waals surface area contributed by atoms with Gasteiger partial charge in [-0.1, -0.05) is 11.6 Å². The zero-order chi connectivity index (χ0) is 15.5. The van der Waals surface area contributed by atoms with Crippen molar-refractivity contribution in [1.82, 2.24) is 5.32 Å². The lowest BCUT2D eigenvalue weighted by Crippen LogP contribution is -2.54. The minimum atomic E-state index is -0.541. The number of piperidine rings is 1. The van der Waals surface area contributed by atoms with E-state index in [2.05, 4.69) is 16.0 Å². The van der Waals surface area contributed by atoms with Gasteiger partial charge in [-0.3, -0.25) is 9.59 Å². The van der Waals surface area contributed by atoms with Crippen molar-refractivity contribution < 1.29 is 9.59 Å². The average molecular weight is 310 g/mol. The molecule has 1 heterocycles. The summed E-state index contributed by atoms with van der Waals surface area (Å²) < 4.78 is 0. The topological polar surface area (TPSA) is 70.2 Å². The Morgan fingerprint density at radius 1 is 1.29 bits per heavy atom. The van der Waals surface area contributed by atoms with Crippen molar-refractivity contribution in [3.63, 3.8) is 0 Å². The van der Waals surface area contributed by atoms with Crippen LogP contribution in [0.5, 0.6) is 0 Å². The maximum Gasteiger partial charge on any atom is 0.244 e. The van der Waals surface area contributed by atoms with E-state index >= 15 is 0 Å². The van der Waals surface area contributed by atoms with E-state index in [4.69, 9.17) is 11.6 Å². The molecule has 1 aliphatic heterocycles. The highest BCUT2D eigenvalue weighted by Gasteiger charge is 2.34. The fourth-order valence-electron chi connectivity index (χ4n) is 2.40. The highest BCUT2D eigenvalue weighted by atomic mass is 35.5. The van der Waals surface area contributed by atoms with E-state index in [9.17, 15) is 9.59 Å². The van der Waals surface area contributed by atoms with Crippen LogP contribution in [-0.4, -0.2) is 23.9 Å². The lowest BCUT2D eigenvalue weighted by atomic mass is 9.90. The number of benzene rings is 1. The Labute approximate surface area is 129 Å². The van der Waals surface area contributed by atoms with Crippen molar-refractivity contribution in [2.24, 2.45) is 0 Å². The first kappa shape index (κ1) is 15.8. The van der Waals surface area contributed by atoms with E-state index in [0.29, 0.717) is 16.4 Å². The lowest BCUT2D eigenvalue weighted by molar-refractivity contribution is -0.122. The van der Waals surface area contributed by atoms with Crippen LogP contribution in [-0.2, 0) is 9.59 Å². The zero-order valence-corrected chi connectivity index (χ0v) is 13.0. The SMILES string of the molecule is CC(=O)Nc1ccc(NC(=O)C2(C)CCCCN2)cc1Cl. The van der Waals surface area contributed by atoms with Gasteiger partial charge in [0.05, 0.1) is 16.2 Å². The van der Waals surface area contributed by atoms with Gasteiger partial charge in [0, 0.05) is 12.6 Å². The quantitative estimate of drug-likeness (QED) is 0.804. The number of carbonyl (C=O) groups excluding carboxylic acids is 2. The van der Waals surface area contributed by atoms with E-state index in [1.165, 1.54) is 6.92 Å². The second-order valence-corrected chi connectivity index (χ2v) is 5.95. The van der Waals surface area contributed by atoms with Gasteiger partial charge in [0.25, 0.3) is 0 Å². The fraction of sp³-hybridized carbons (Fsp3) is 0.467. The molecule has 0 aliphatic carbocycles. The number of amides is 2. The van der Waals surface area contributed by atoms with Gasteiger partial charge in [0.1, 0.15) is 0 Å². The molecule has 0 spiro atoms. The molecule has 2 amide bonds. The fourth-order valence-corrected chi connectivity index (χ4v) is 2.63. The van der Waals surface area contributed by atoms with E-state index in [1.54, 1.807) is 18.2 Å². The van der Waals surface area contributed by atoms with Crippen molar-refractivity contribution in [2.75, 3.05) is 17.2 Å². The molecule has 1 atom stereocenters. The molecule has 21 heavy (non-hydrogen) atoms. The Bertz CT molecular complexity index is 554. The molecule has 2 rings (SSSR count). The third-order valence-corrected chi connectivity index (χ3v) is 3.97. The Kier molecular flexibility index (Phi) is 4.85. The summed E-state index contributed by atoms with van der Waals surface area (Å²) in [5.41, 5.74) is 0.609. The molecule has 5 nitrogen and oxygen atoms in total. The number of anilines is 2. The zero-order valence-electron chi connectivity index (χ0n) is 12.3. The molecule has 1 unspecified atom stereocenters. The van der Waals surface area contributed by atoms with E-state index in [-0.39, 0.29) is 11.8 Å². The van der Waals surface area contributed by atoms with Crippen LogP contribution < -0.4 is 16.0 Å². The maximum absolute atomic E-state index is 12.4. The van der Waals surface area contributed by atoms with Crippen LogP contribution in [0.25, 0.3) is 0 Å². The molecular formula is C15H20ClN3O2. The van der Waals surface area contributed by atoms with Gasteiger partial charge in [0.2, 0.25) is 11.8 Å². The van der Waals surface area contributed by atoms with Crippen LogP contribution in [0.4, 0.5) is 11.4 Å². The van der Waals surface area contributed by atoms with Gasteiger partial charge < -0.3 is 16.0 Å². The molecule has 1 saturated heterocycles. The van der Waals surface area contributed by atoms with Crippen LogP contribution in [0.1, 0.15) is 33.1 Å². The summed E-state index contributed by atoms with van der Waals surface area (Å²) >= 11 is 6.10. The minimum Gasteiger partial charge on any atom is -0.325 e. The number of rotatable bonds is 3. The summed E-state index contributed by atoms with van der Waals surface area (Å²) in [7, 11) is 0. The smallest absolute Gasteiger partial charge is 0.244 e. The molecule has 1 aromatic carbocycles. The molecule has 1 fully saturated rings. The van der Waals surface area contributed by atoms with Crippen molar-refractivity contribution in [1.29, 1.82) is 0 Å². The first-order valence-electron chi connectivity index (χ1n) is 7.04.